The second-order valence-electron chi connectivity index (χ2n) is 8.48. The lowest BCUT2D eigenvalue weighted by atomic mass is 10.1. The molecule has 3 heterocycles. The largest absolute Gasteiger partial charge is 0.497 e. The molecular weight excluding hydrogens is 426 g/mol. The number of hydrogen-bond donors (Lipinski definition) is 3. The van der Waals surface area contributed by atoms with Crippen molar-refractivity contribution in [3.8, 4) is 5.75 Å². The van der Waals surface area contributed by atoms with Crippen molar-refractivity contribution in [1.29, 1.82) is 0 Å². The summed E-state index contributed by atoms with van der Waals surface area (Å²) in [4.78, 5) is 16.6. The molecule has 0 radical (unpaired) electrons. The minimum atomic E-state index is -1.12. The average Bonchev–Trinajstić information content (AvgIpc) is 3.35. The monoisotopic (exact) mass is 457 g/mol. The average molecular weight is 458 g/mol. The Kier molecular flexibility index (Phi) is 7.05. The van der Waals surface area contributed by atoms with Crippen LogP contribution in [0.5, 0.6) is 5.75 Å². The number of nitrogens with two attached hydrogens (primary N) is 1. The number of likely N-dealkylation sites (N-methyl/N-ethyl adjacent to an activating group) is 2. The summed E-state index contributed by atoms with van der Waals surface area (Å²) in [5, 5.41) is 21.2. The maximum Gasteiger partial charge on any atom is 0.167 e. The number of aromatic nitrogens is 4. The Bertz CT molecular complexity index is 1080. The van der Waals surface area contributed by atoms with Gasteiger partial charge in [-0.3, -0.25) is 4.57 Å². The normalized spacial score (nSPS) is 23.1. The van der Waals surface area contributed by atoms with Gasteiger partial charge in [-0.1, -0.05) is 12.1 Å². The van der Waals surface area contributed by atoms with Crippen molar-refractivity contribution in [3.63, 3.8) is 0 Å². The van der Waals surface area contributed by atoms with Crippen LogP contribution in [-0.4, -0.2) is 98.7 Å². The minimum Gasteiger partial charge on any atom is -0.497 e. The Morgan fingerprint density at radius 3 is 2.70 bits per heavy atom. The molecule has 0 amide bonds. The molecule has 33 heavy (non-hydrogen) atoms. The van der Waals surface area contributed by atoms with Gasteiger partial charge in [0.2, 0.25) is 0 Å². The molecule has 0 aliphatic carbocycles. The fourth-order valence-corrected chi connectivity index (χ4v) is 4.07. The van der Waals surface area contributed by atoms with Crippen LogP contribution in [0.1, 0.15) is 11.8 Å². The maximum absolute atomic E-state index is 10.6. The fourth-order valence-electron chi connectivity index (χ4n) is 4.07. The molecule has 11 heteroatoms. The zero-order valence-corrected chi connectivity index (χ0v) is 19.1. The van der Waals surface area contributed by atoms with Crippen LogP contribution in [-0.2, 0) is 11.3 Å². The number of methoxy groups -OCH3 is 1. The summed E-state index contributed by atoms with van der Waals surface area (Å²) in [7, 11) is 5.69. The Labute approximate surface area is 192 Å². The number of imidazole rings is 1. The maximum atomic E-state index is 10.6. The topological polar surface area (TPSA) is 135 Å². The zero-order valence-electron chi connectivity index (χ0n) is 19.1. The summed E-state index contributed by atoms with van der Waals surface area (Å²) in [6.07, 6.45) is -0.698. The van der Waals surface area contributed by atoms with Gasteiger partial charge in [-0.15, -0.1) is 0 Å². The molecule has 3 aromatic rings. The zero-order chi connectivity index (χ0) is 23.5. The molecule has 4 rings (SSSR count). The molecule has 1 aromatic carbocycles. The van der Waals surface area contributed by atoms with E-state index in [2.05, 4.69) is 37.9 Å². The predicted octanol–water partition coefficient (Wildman–Crippen LogP) is 0.100. The van der Waals surface area contributed by atoms with Crippen molar-refractivity contribution >= 4 is 17.0 Å². The molecule has 4 N–H and O–H groups in total. The molecule has 11 nitrogen and oxygen atoms in total. The third-order valence-corrected chi connectivity index (χ3v) is 5.94. The van der Waals surface area contributed by atoms with Gasteiger partial charge in [0.05, 0.1) is 13.4 Å². The third kappa shape index (κ3) is 5.07. The summed E-state index contributed by atoms with van der Waals surface area (Å²) in [6, 6.07) is 8.02. The Hall–Kier alpha value is -2.83. The van der Waals surface area contributed by atoms with Crippen molar-refractivity contribution in [3.05, 3.63) is 42.5 Å². The van der Waals surface area contributed by atoms with E-state index in [0.29, 0.717) is 17.7 Å². The summed E-state index contributed by atoms with van der Waals surface area (Å²) in [6.45, 7) is 2.86. The van der Waals surface area contributed by atoms with Gasteiger partial charge in [-0.05, 0) is 31.8 Å². The first kappa shape index (κ1) is 23.3. The van der Waals surface area contributed by atoms with E-state index >= 15 is 0 Å². The first-order chi connectivity index (χ1) is 15.9. The van der Waals surface area contributed by atoms with Gasteiger partial charge in [0.15, 0.2) is 17.7 Å². The molecule has 1 fully saturated rings. The number of ether oxygens (including phenoxy) is 2. The van der Waals surface area contributed by atoms with Gasteiger partial charge in [-0.2, -0.15) is 0 Å². The summed E-state index contributed by atoms with van der Waals surface area (Å²) < 4.78 is 12.9. The van der Waals surface area contributed by atoms with E-state index in [-0.39, 0.29) is 5.82 Å². The van der Waals surface area contributed by atoms with Crippen LogP contribution in [0.25, 0.3) is 11.2 Å². The van der Waals surface area contributed by atoms with E-state index in [4.69, 9.17) is 15.2 Å². The molecular formula is C22H31N7O4. The van der Waals surface area contributed by atoms with Crippen molar-refractivity contribution in [2.75, 3.05) is 46.6 Å². The van der Waals surface area contributed by atoms with Crippen LogP contribution < -0.4 is 10.5 Å². The lowest BCUT2D eigenvalue weighted by molar-refractivity contribution is -0.0424. The standard InChI is InChI=1S/C22H31N7O4/c1-27(10-14-5-4-6-15(9-14)32-3)7-8-28(2)11-16-18(30)19(31)22(33-16)29-13-26-17-20(23)24-12-25-21(17)29/h4-6,9,12-13,16,18-19,22,30-31H,7-8,10-11H2,1-3H3,(H2,23,24,25)/t16-,18-,19-,22-/m1/s1. The highest BCUT2D eigenvalue weighted by molar-refractivity contribution is 5.81. The number of fused-ring (bicyclic) bond motifs is 1. The highest BCUT2D eigenvalue weighted by Gasteiger charge is 2.44. The van der Waals surface area contributed by atoms with Crippen LogP contribution >= 0.6 is 0 Å². The number of nitrogens with zero attached hydrogens (tertiary/aromatic N) is 6. The third-order valence-electron chi connectivity index (χ3n) is 5.94. The molecule has 2 aromatic heterocycles. The number of benzene rings is 1. The van der Waals surface area contributed by atoms with Gasteiger partial charge < -0.3 is 35.2 Å². The molecule has 4 atom stereocenters. The minimum absolute atomic E-state index is 0.251. The Balaban J connectivity index is 1.32. The summed E-state index contributed by atoms with van der Waals surface area (Å²) in [5.74, 6) is 1.10. The van der Waals surface area contributed by atoms with Crippen molar-refractivity contribution in [2.45, 2.75) is 31.1 Å². The highest BCUT2D eigenvalue weighted by Crippen LogP contribution is 2.32. The Morgan fingerprint density at radius 1 is 1.12 bits per heavy atom. The van der Waals surface area contributed by atoms with Crippen LogP contribution in [0.2, 0.25) is 0 Å². The SMILES string of the molecule is COc1cccc(CN(C)CCN(C)C[C@H]2O[C@@H](n3cnc4c(N)ncnc43)[C@H](O)[C@@H]2O)c1. The molecule has 1 aliphatic heterocycles. The fraction of sp³-hybridized carbons (Fsp3) is 0.500. The first-order valence-electron chi connectivity index (χ1n) is 10.8. The second kappa shape index (κ2) is 9.98. The number of rotatable bonds is 9. The molecule has 0 spiro atoms. The predicted molar refractivity (Wildman–Crippen MR) is 122 cm³/mol. The number of aliphatic hydroxyl groups is 2. The van der Waals surface area contributed by atoms with Gasteiger partial charge in [-0.25, -0.2) is 15.0 Å². The van der Waals surface area contributed by atoms with Crippen LogP contribution in [0.4, 0.5) is 5.82 Å². The van der Waals surface area contributed by atoms with Crippen molar-refractivity contribution in [1.82, 2.24) is 29.3 Å². The summed E-state index contributed by atoms with van der Waals surface area (Å²) >= 11 is 0. The number of anilines is 1. The quantitative estimate of drug-likeness (QED) is 0.406. The van der Waals surface area contributed by atoms with Crippen molar-refractivity contribution in [2.24, 2.45) is 0 Å². The lowest BCUT2D eigenvalue weighted by Gasteiger charge is -2.25. The molecule has 0 saturated carbocycles. The van der Waals surface area contributed by atoms with E-state index in [1.54, 1.807) is 11.7 Å². The van der Waals surface area contributed by atoms with E-state index in [1.165, 1.54) is 18.2 Å². The number of aliphatic hydroxyl groups excluding tert-OH is 2. The molecule has 0 unspecified atom stereocenters. The van der Waals surface area contributed by atoms with E-state index in [9.17, 15) is 10.2 Å². The first-order valence-corrected chi connectivity index (χ1v) is 10.8. The number of hydrogen-bond acceptors (Lipinski definition) is 10. The summed E-state index contributed by atoms with van der Waals surface area (Å²) in [5.41, 5.74) is 7.91. The molecule has 1 aliphatic rings. The molecule has 178 valence electrons. The van der Waals surface area contributed by atoms with Gasteiger partial charge in [0.25, 0.3) is 0 Å². The second-order valence-corrected chi connectivity index (χ2v) is 8.48. The van der Waals surface area contributed by atoms with Crippen molar-refractivity contribution < 1.29 is 19.7 Å². The van der Waals surface area contributed by atoms with Gasteiger partial charge >= 0.3 is 0 Å². The smallest absolute Gasteiger partial charge is 0.167 e. The highest BCUT2D eigenvalue weighted by atomic mass is 16.6. The van der Waals surface area contributed by atoms with E-state index in [0.717, 1.165) is 25.4 Å². The Morgan fingerprint density at radius 2 is 1.91 bits per heavy atom. The van der Waals surface area contributed by atoms with E-state index < -0.39 is 24.5 Å². The molecule has 1 saturated heterocycles. The van der Waals surface area contributed by atoms with Gasteiger partial charge in [0.1, 0.15) is 35.9 Å². The van der Waals surface area contributed by atoms with Crippen LogP contribution in [0.3, 0.4) is 0 Å². The van der Waals surface area contributed by atoms with E-state index in [1.807, 2.05) is 25.2 Å². The van der Waals surface area contributed by atoms with Gasteiger partial charge in [0, 0.05) is 26.2 Å². The van der Waals surface area contributed by atoms with Crippen LogP contribution in [0.15, 0.2) is 36.9 Å². The number of nitrogen functional groups attached to an aromatic ring is 1. The lowest BCUT2D eigenvalue weighted by Crippen LogP contribution is -2.40. The molecule has 0 bridgehead atoms. The van der Waals surface area contributed by atoms with Crippen LogP contribution in [0, 0.1) is 0 Å².